The second kappa shape index (κ2) is 10.7. The summed E-state index contributed by atoms with van der Waals surface area (Å²) in [5.74, 6) is 2.76. The molecule has 2 aromatic rings. The number of anilines is 2. The van der Waals surface area contributed by atoms with E-state index in [9.17, 15) is 9.90 Å². The molecule has 0 spiro atoms. The van der Waals surface area contributed by atoms with Crippen LogP contribution in [0.15, 0.2) is 30.3 Å². The first-order valence-corrected chi connectivity index (χ1v) is 12.2. The number of aromatic nitrogens is 2. The molecule has 4 heterocycles. The summed E-state index contributed by atoms with van der Waals surface area (Å²) in [5.41, 5.74) is 1.72. The lowest BCUT2D eigenvalue weighted by atomic mass is 9.95. The third kappa shape index (κ3) is 5.16. The molecule has 1 N–H and O–H groups in total. The van der Waals surface area contributed by atoms with E-state index in [0.29, 0.717) is 45.3 Å². The van der Waals surface area contributed by atoms with Crippen molar-refractivity contribution in [1.29, 1.82) is 0 Å². The maximum atomic E-state index is 12.9. The van der Waals surface area contributed by atoms with Crippen LogP contribution in [0.1, 0.15) is 18.4 Å². The van der Waals surface area contributed by atoms with Gasteiger partial charge < -0.3 is 29.3 Å². The highest BCUT2D eigenvalue weighted by Crippen LogP contribution is 2.29. The van der Waals surface area contributed by atoms with Crippen molar-refractivity contribution < 1.29 is 19.4 Å². The number of benzene rings is 1. The molecule has 0 saturated carbocycles. The molecule has 0 aliphatic carbocycles. The van der Waals surface area contributed by atoms with E-state index in [1.165, 1.54) is 0 Å². The number of piperidine rings is 1. The van der Waals surface area contributed by atoms with E-state index in [2.05, 4.69) is 15.9 Å². The molecule has 0 radical (unpaired) electrons. The Morgan fingerprint density at radius 3 is 2.15 bits per heavy atom. The number of carbonyl (C=O) groups is 1. The molecular formula is C25H33N5O4. The fraction of sp³-hybridized carbons (Fsp3) is 0.560. The van der Waals surface area contributed by atoms with Crippen LogP contribution in [0.5, 0.6) is 0 Å². The SMILES string of the molecule is O=C(C1CCN(c2cc(N3CCOCC3)nc(-c3cccc(CO)c3)n2)CC1)N1CCOCC1. The number of hydrogen-bond donors (Lipinski definition) is 1. The molecule has 3 aliphatic rings. The lowest BCUT2D eigenvalue weighted by molar-refractivity contribution is -0.140. The first-order chi connectivity index (χ1) is 16.7. The van der Waals surface area contributed by atoms with Crippen molar-refractivity contribution in [1.82, 2.24) is 14.9 Å². The molecular weight excluding hydrogens is 434 g/mol. The molecule has 182 valence electrons. The number of ether oxygens (including phenoxy) is 2. The smallest absolute Gasteiger partial charge is 0.225 e. The zero-order valence-electron chi connectivity index (χ0n) is 19.6. The van der Waals surface area contributed by atoms with Crippen LogP contribution in [-0.2, 0) is 20.9 Å². The van der Waals surface area contributed by atoms with Gasteiger partial charge in [0.25, 0.3) is 0 Å². The van der Waals surface area contributed by atoms with Gasteiger partial charge in [-0.1, -0.05) is 18.2 Å². The van der Waals surface area contributed by atoms with E-state index in [1.807, 2.05) is 29.2 Å². The second-order valence-corrected chi connectivity index (χ2v) is 9.06. The van der Waals surface area contributed by atoms with Crippen molar-refractivity contribution in [2.45, 2.75) is 19.4 Å². The Labute approximate surface area is 200 Å². The lowest BCUT2D eigenvalue weighted by Gasteiger charge is -2.36. The third-order valence-corrected chi connectivity index (χ3v) is 6.89. The molecule has 9 nitrogen and oxygen atoms in total. The summed E-state index contributed by atoms with van der Waals surface area (Å²) in [6, 6.07) is 9.80. The van der Waals surface area contributed by atoms with E-state index >= 15 is 0 Å². The number of hydrogen-bond acceptors (Lipinski definition) is 8. The minimum absolute atomic E-state index is 0.0193. The van der Waals surface area contributed by atoms with Gasteiger partial charge in [0.05, 0.1) is 33.0 Å². The van der Waals surface area contributed by atoms with Crippen LogP contribution in [-0.4, -0.2) is 91.6 Å². The van der Waals surface area contributed by atoms with Gasteiger partial charge in [-0.2, -0.15) is 0 Å². The highest BCUT2D eigenvalue weighted by Gasteiger charge is 2.30. The van der Waals surface area contributed by atoms with Crippen molar-refractivity contribution in [2.75, 3.05) is 75.5 Å². The van der Waals surface area contributed by atoms with Crippen molar-refractivity contribution in [3.63, 3.8) is 0 Å². The second-order valence-electron chi connectivity index (χ2n) is 9.06. The standard InChI is InChI=1S/C25H33N5O4/c31-18-19-2-1-3-21(16-19)24-26-22(17-23(27-24)29-8-12-33-13-9-29)28-6-4-20(5-7-28)25(32)30-10-14-34-15-11-30/h1-3,16-17,20,31H,4-15,18H2. The molecule has 3 fully saturated rings. The molecule has 9 heteroatoms. The summed E-state index contributed by atoms with van der Waals surface area (Å²) in [7, 11) is 0. The molecule has 3 aliphatic heterocycles. The average molecular weight is 468 g/mol. The fourth-order valence-corrected chi connectivity index (χ4v) is 4.87. The van der Waals surface area contributed by atoms with Gasteiger partial charge >= 0.3 is 0 Å². The topological polar surface area (TPSA) is 91.3 Å². The molecule has 5 rings (SSSR count). The molecule has 1 amide bonds. The largest absolute Gasteiger partial charge is 0.392 e. The minimum atomic E-state index is -0.0193. The number of aliphatic hydroxyl groups excluding tert-OH is 1. The maximum Gasteiger partial charge on any atom is 0.225 e. The maximum absolute atomic E-state index is 12.9. The van der Waals surface area contributed by atoms with E-state index in [-0.39, 0.29) is 18.4 Å². The van der Waals surface area contributed by atoms with Gasteiger partial charge in [-0.3, -0.25) is 4.79 Å². The normalized spacial score (nSPS) is 20.0. The van der Waals surface area contributed by atoms with Crippen molar-refractivity contribution in [3.05, 3.63) is 35.9 Å². The summed E-state index contributed by atoms with van der Waals surface area (Å²) in [4.78, 5) is 29.2. The van der Waals surface area contributed by atoms with Crippen LogP contribution in [0, 0.1) is 5.92 Å². The monoisotopic (exact) mass is 467 g/mol. The van der Waals surface area contributed by atoms with Crippen LogP contribution in [0.4, 0.5) is 11.6 Å². The zero-order valence-corrected chi connectivity index (χ0v) is 19.6. The molecule has 1 aromatic carbocycles. The molecule has 34 heavy (non-hydrogen) atoms. The Balaban J connectivity index is 1.36. The summed E-state index contributed by atoms with van der Waals surface area (Å²) < 4.78 is 10.9. The van der Waals surface area contributed by atoms with Crippen molar-refractivity contribution >= 4 is 17.5 Å². The van der Waals surface area contributed by atoms with Crippen molar-refractivity contribution in [2.24, 2.45) is 5.92 Å². The lowest BCUT2D eigenvalue weighted by Crippen LogP contribution is -2.47. The molecule has 0 bridgehead atoms. The van der Waals surface area contributed by atoms with Crippen LogP contribution in [0.3, 0.4) is 0 Å². The molecule has 1 aromatic heterocycles. The first kappa shape index (κ1) is 23.0. The molecule has 0 unspecified atom stereocenters. The van der Waals surface area contributed by atoms with Crippen molar-refractivity contribution in [3.8, 4) is 11.4 Å². The van der Waals surface area contributed by atoms with Gasteiger partial charge in [-0.05, 0) is 24.5 Å². The number of rotatable bonds is 5. The highest BCUT2D eigenvalue weighted by molar-refractivity contribution is 5.79. The van der Waals surface area contributed by atoms with E-state index in [1.54, 1.807) is 0 Å². The number of morpholine rings is 2. The van der Waals surface area contributed by atoms with E-state index in [0.717, 1.165) is 61.8 Å². The molecule has 3 saturated heterocycles. The number of aliphatic hydroxyl groups is 1. The van der Waals surface area contributed by atoms with Gasteiger partial charge in [0.15, 0.2) is 5.82 Å². The Morgan fingerprint density at radius 1 is 0.882 bits per heavy atom. The number of amides is 1. The van der Waals surface area contributed by atoms with Gasteiger partial charge in [-0.25, -0.2) is 9.97 Å². The Bertz CT molecular complexity index is 983. The predicted octanol–water partition coefficient (Wildman–Crippen LogP) is 1.55. The third-order valence-electron chi connectivity index (χ3n) is 6.89. The summed E-state index contributed by atoms with van der Waals surface area (Å²) in [6.45, 7) is 7.18. The minimum Gasteiger partial charge on any atom is -0.392 e. The first-order valence-electron chi connectivity index (χ1n) is 12.2. The Hall–Kier alpha value is -2.75. The predicted molar refractivity (Wildman–Crippen MR) is 129 cm³/mol. The van der Waals surface area contributed by atoms with Gasteiger partial charge in [0.1, 0.15) is 11.6 Å². The highest BCUT2D eigenvalue weighted by atomic mass is 16.5. The average Bonchev–Trinajstić information content (AvgIpc) is 2.93. The number of carbonyl (C=O) groups excluding carboxylic acids is 1. The van der Waals surface area contributed by atoms with Gasteiger partial charge in [-0.15, -0.1) is 0 Å². The van der Waals surface area contributed by atoms with Crippen LogP contribution in [0.25, 0.3) is 11.4 Å². The zero-order chi connectivity index (χ0) is 23.3. The van der Waals surface area contributed by atoms with E-state index in [4.69, 9.17) is 19.4 Å². The van der Waals surface area contributed by atoms with E-state index < -0.39 is 0 Å². The van der Waals surface area contributed by atoms with Gasteiger partial charge in [0, 0.05) is 56.8 Å². The van der Waals surface area contributed by atoms with Gasteiger partial charge in [0.2, 0.25) is 5.91 Å². The number of nitrogens with zero attached hydrogens (tertiary/aromatic N) is 5. The quantitative estimate of drug-likeness (QED) is 0.708. The van der Waals surface area contributed by atoms with Crippen LogP contribution < -0.4 is 9.80 Å². The summed E-state index contributed by atoms with van der Waals surface area (Å²) in [6.07, 6.45) is 1.64. The summed E-state index contributed by atoms with van der Waals surface area (Å²) in [5, 5.41) is 9.58. The van der Waals surface area contributed by atoms with Crippen LogP contribution in [0.2, 0.25) is 0 Å². The Morgan fingerprint density at radius 2 is 1.50 bits per heavy atom. The van der Waals surface area contributed by atoms with Crippen LogP contribution >= 0.6 is 0 Å². The Kier molecular flexibility index (Phi) is 7.22. The summed E-state index contributed by atoms with van der Waals surface area (Å²) >= 11 is 0. The molecule has 0 atom stereocenters. The fourth-order valence-electron chi connectivity index (χ4n) is 4.87.